The van der Waals surface area contributed by atoms with Crippen molar-refractivity contribution in [3.8, 4) is 0 Å². The molecule has 2 aliphatic rings. The Bertz CT molecular complexity index is 942. The van der Waals surface area contributed by atoms with Gasteiger partial charge in [0.15, 0.2) is 0 Å². The van der Waals surface area contributed by atoms with Gasteiger partial charge < -0.3 is 13.9 Å². The summed E-state index contributed by atoms with van der Waals surface area (Å²) in [5.74, 6) is 0. The van der Waals surface area contributed by atoms with Crippen LogP contribution < -0.4 is 4.90 Å². The van der Waals surface area contributed by atoms with Crippen LogP contribution in [0.2, 0.25) is 0 Å². The van der Waals surface area contributed by atoms with Crippen LogP contribution in [0.25, 0.3) is 11.1 Å². The van der Waals surface area contributed by atoms with Crippen molar-refractivity contribution >= 4 is 16.8 Å². The van der Waals surface area contributed by atoms with Crippen molar-refractivity contribution in [3.05, 3.63) is 53.4 Å². The lowest BCUT2D eigenvalue weighted by Gasteiger charge is -2.46. The van der Waals surface area contributed by atoms with Crippen LogP contribution in [-0.4, -0.2) is 4.57 Å². The number of hydrogen-bond acceptors (Lipinski definition) is 2. The smallest absolute Gasteiger partial charge is 0.206 e. The second kappa shape index (κ2) is 5.17. The number of furan rings is 1. The van der Waals surface area contributed by atoms with Crippen LogP contribution in [0.3, 0.4) is 0 Å². The van der Waals surface area contributed by atoms with Gasteiger partial charge in [-0.1, -0.05) is 37.5 Å². The number of nitrogens with zero attached hydrogens (tertiary/aromatic N) is 2. The molecule has 0 radical (unpaired) electrons. The highest BCUT2D eigenvalue weighted by Gasteiger charge is 2.52. The topological polar surface area (TPSA) is 21.3 Å². The van der Waals surface area contributed by atoms with Crippen molar-refractivity contribution in [1.82, 2.24) is 4.57 Å². The molecule has 130 valence electrons. The number of anilines is 1. The molecular weight excluding hydrogens is 308 g/mol. The normalized spacial score (nSPS) is 22.0. The average Bonchev–Trinajstić information content (AvgIpc) is 3.25. The Morgan fingerprint density at radius 1 is 1.08 bits per heavy atom. The molecule has 1 aliphatic carbocycles. The minimum absolute atomic E-state index is 0.114. The van der Waals surface area contributed by atoms with E-state index in [1.165, 1.54) is 60.0 Å². The summed E-state index contributed by atoms with van der Waals surface area (Å²) in [6.45, 7) is 4.61. The zero-order valence-electron chi connectivity index (χ0n) is 15.4. The van der Waals surface area contributed by atoms with Crippen molar-refractivity contribution in [2.45, 2.75) is 57.5 Å². The third-order valence-corrected chi connectivity index (χ3v) is 6.60. The molecule has 3 heteroatoms. The first-order chi connectivity index (χ1) is 12.1. The summed E-state index contributed by atoms with van der Waals surface area (Å²) in [7, 11) is 2.17. The fraction of sp³-hybridized carbons (Fsp3) is 0.455. The highest BCUT2D eigenvalue weighted by molar-refractivity contribution is 5.86. The van der Waals surface area contributed by atoms with Crippen molar-refractivity contribution in [3.63, 3.8) is 0 Å². The second-order valence-electron chi connectivity index (χ2n) is 7.88. The number of benzene rings is 1. The lowest BCUT2D eigenvalue weighted by atomic mass is 9.76. The zero-order valence-corrected chi connectivity index (χ0v) is 15.4. The largest absolute Gasteiger partial charge is 0.448 e. The molecule has 0 N–H and O–H groups in total. The summed E-state index contributed by atoms with van der Waals surface area (Å²) >= 11 is 0. The van der Waals surface area contributed by atoms with Gasteiger partial charge in [-0.2, -0.15) is 0 Å². The van der Waals surface area contributed by atoms with E-state index in [4.69, 9.17) is 4.42 Å². The molecule has 0 amide bonds. The maximum absolute atomic E-state index is 5.84. The van der Waals surface area contributed by atoms with E-state index in [2.05, 4.69) is 60.7 Å². The van der Waals surface area contributed by atoms with Crippen LogP contribution in [0.15, 0.2) is 41.0 Å². The highest BCUT2D eigenvalue weighted by atomic mass is 16.3. The van der Waals surface area contributed by atoms with E-state index >= 15 is 0 Å². The first-order valence-electron chi connectivity index (χ1n) is 9.56. The van der Waals surface area contributed by atoms with E-state index in [9.17, 15) is 0 Å². The molecule has 1 saturated carbocycles. The van der Waals surface area contributed by atoms with Gasteiger partial charge in [-0.25, -0.2) is 0 Å². The Morgan fingerprint density at radius 3 is 2.60 bits per heavy atom. The minimum atomic E-state index is 0.114. The van der Waals surface area contributed by atoms with Gasteiger partial charge in [0.2, 0.25) is 5.71 Å². The molecule has 1 aliphatic heterocycles. The first-order valence-corrected chi connectivity index (χ1v) is 9.56. The van der Waals surface area contributed by atoms with Crippen molar-refractivity contribution < 1.29 is 4.42 Å². The second-order valence-corrected chi connectivity index (χ2v) is 7.88. The van der Waals surface area contributed by atoms with Gasteiger partial charge in [0, 0.05) is 29.4 Å². The van der Waals surface area contributed by atoms with Crippen LogP contribution in [0, 0.1) is 6.92 Å². The molecule has 3 aromatic rings. The molecule has 1 atom stereocenters. The summed E-state index contributed by atoms with van der Waals surface area (Å²) in [6.07, 6.45) is 8.30. The number of aromatic nitrogens is 1. The Labute approximate surface area is 149 Å². The van der Waals surface area contributed by atoms with Gasteiger partial charge in [-0.3, -0.25) is 0 Å². The molecule has 1 fully saturated rings. The molecule has 2 aromatic heterocycles. The van der Waals surface area contributed by atoms with E-state index < -0.39 is 0 Å². The molecule has 1 aromatic carbocycles. The molecule has 1 unspecified atom stereocenters. The van der Waals surface area contributed by atoms with Gasteiger partial charge in [0.1, 0.15) is 0 Å². The molecule has 5 rings (SSSR count). The van der Waals surface area contributed by atoms with Crippen molar-refractivity contribution in [2.75, 3.05) is 4.90 Å². The Balaban J connectivity index is 1.81. The fourth-order valence-corrected chi connectivity index (χ4v) is 5.66. The summed E-state index contributed by atoms with van der Waals surface area (Å²) in [4.78, 5) is 2.73. The van der Waals surface area contributed by atoms with Crippen molar-refractivity contribution in [1.29, 1.82) is 0 Å². The lowest BCUT2D eigenvalue weighted by Crippen LogP contribution is -2.44. The number of fused-ring (bicyclic) bond motifs is 4. The predicted octanol–water partition coefficient (Wildman–Crippen LogP) is 5.82. The molecular formula is C22H26N2O. The Hall–Kier alpha value is -2.16. The number of aryl methyl sites for hydroxylation is 2. The van der Waals surface area contributed by atoms with Gasteiger partial charge in [0.25, 0.3) is 0 Å². The third kappa shape index (κ3) is 1.81. The fourth-order valence-electron chi connectivity index (χ4n) is 5.66. The monoisotopic (exact) mass is 334 g/mol. The van der Waals surface area contributed by atoms with E-state index in [0.717, 1.165) is 5.71 Å². The molecule has 25 heavy (non-hydrogen) atoms. The maximum atomic E-state index is 5.84. The van der Waals surface area contributed by atoms with Gasteiger partial charge >= 0.3 is 0 Å². The molecule has 3 nitrogen and oxygen atoms in total. The van der Waals surface area contributed by atoms with Crippen LogP contribution >= 0.6 is 0 Å². The average molecular weight is 334 g/mol. The maximum Gasteiger partial charge on any atom is 0.206 e. The molecule has 3 heterocycles. The summed E-state index contributed by atoms with van der Waals surface area (Å²) < 4.78 is 8.13. The number of rotatable bonds is 1. The van der Waals surface area contributed by atoms with Crippen molar-refractivity contribution in [2.24, 2.45) is 7.05 Å². The Kier molecular flexibility index (Phi) is 3.13. The van der Waals surface area contributed by atoms with E-state index in [1.54, 1.807) is 0 Å². The molecule has 1 spiro atoms. The summed E-state index contributed by atoms with van der Waals surface area (Å²) in [5.41, 5.74) is 6.89. The third-order valence-electron chi connectivity index (χ3n) is 6.60. The quantitative estimate of drug-likeness (QED) is 0.559. The van der Waals surface area contributed by atoms with E-state index in [-0.39, 0.29) is 5.54 Å². The van der Waals surface area contributed by atoms with Crippen LogP contribution in [-0.2, 0) is 12.6 Å². The predicted molar refractivity (Wildman–Crippen MR) is 102 cm³/mol. The molecule has 0 bridgehead atoms. The van der Waals surface area contributed by atoms with Gasteiger partial charge in [-0.05, 0) is 44.4 Å². The van der Waals surface area contributed by atoms with Gasteiger partial charge in [-0.15, -0.1) is 0 Å². The SMILES string of the molecule is Cc1ccccc1N1C(C)c2c(c3ccoc3n2C)C12CCCCC2. The van der Waals surface area contributed by atoms with Crippen LogP contribution in [0.5, 0.6) is 0 Å². The number of para-hydroxylation sites is 1. The molecule has 0 saturated heterocycles. The van der Waals surface area contributed by atoms with E-state index in [1.807, 2.05) is 6.26 Å². The van der Waals surface area contributed by atoms with Crippen LogP contribution in [0.1, 0.15) is 61.9 Å². The van der Waals surface area contributed by atoms with Crippen LogP contribution in [0.4, 0.5) is 5.69 Å². The highest BCUT2D eigenvalue weighted by Crippen LogP contribution is 2.58. The summed E-state index contributed by atoms with van der Waals surface area (Å²) in [6, 6.07) is 11.4. The van der Waals surface area contributed by atoms with Gasteiger partial charge in [0.05, 0.1) is 17.8 Å². The van der Waals surface area contributed by atoms with E-state index in [0.29, 0.717) is 6.04 Å². The first kappa shape index (κ1) is 15.1. The number of hydrogen-bond donors (Lipinski definition) is 0. The minimum Gasteiger partial charge on any atom is -0.448 e. The Morgan fingerprint density at radius 2 is 1.84 bits per heavy atom. The zero-order chi connectivity index (χ0) is 17.2. The standard InChI is InChI=1S/C22H26N2O/c1-15-9-5-6-10-18(15)24-16(2)20-19(22(24)12-7-4-8-13-22)17-11-14-25-21(17)23(20)3/h5-6,9-11,14,16H,4,7-8,12-13H2,1-3H3. The lowest BCUT2D eigenvalue weighted by molar-refractivity contribution is 0.285. The summed E-state index contributed by atoms with van der Waals surface area (Å²) in [5, 5.41) is 1.32.